The number of carbonyl (C=O) groups is 2. The summed E-state index contributed by atoms with van der Waals surface area (Å²) in [7, 11) is 0.682. The molecule has 0 saturated carbocycles. The lowest BCUT2D eigenvalue weighted by molar-refractivity contribution is -0.270. The van der Waals surface area contributed by atoms with Gasteiger partial charge in [-0.3, -0.25) is 4.79 Å². The summed E-state index contributed by atoms with van der Waals surface area (Å²) in [4.78, 5) is 27.5. The molecule has 1 aromatic carbocycles. The van der Waals surface area contributed by atoms with Gasteiger partial charge in [0.25, 0.3) is 0 Å². The topological polar surface area (TPSA) is 80.3 Å². The van der Waals surface area contributed by atoms with E-state index in [0.717, 1.165) is 11.9 Å². The summed E-state index contributed by atoms with van der Waals surface area (Å²) in [5.41, 5.74) is 0.260. The number of fused-ring (bicyclic) bond motifs is 4. The highest BCUT2D eigenvalue weighted by Crippen LogP contribution is 2.64. The van der Waals surface area contributed by atoms with E-state index >= 15 is 0 Å². The van der Waals surface area contributed by atoms with Crippen LogP contribution in [-0.2, 0) is 24.5 Å². The van der Waals surface area contributed by atoms with Gasteiger partial charge in [0, 0.05) is 5.92 Å². The number of ether oxygens (including phenoxy) is 4. The van der Waals surface area contributed by atoms with E-state index < -0.39 is 31.5 Å². The number of aldehydes is 1. The van der Waals surface area contributed by atoms with E-state index in [9.17, 15) is 9.59 Å². The van der Waals surface area contributed by atoms with E-state index in [-0.39, 0.29) is 24.0 Å². The summed E-state index contributed by atoms with van der Waals surface area (Å²) in [6.07, 6.45) is 2.57. The molecule has 3 atom stereocenters. The van der Waals surface area contributed by atoms with Gasteiger partial charge < -0.3 is 28.2 Å². The van der Waals surface area contributed by atoms with Crippen LogP contribution in [0.5, 0.6) is 11.5 Å². The normalized spacial score (nSPS) is 28.2. The van der Waals surface area contributed by atoms with Crippen molar-refractivity contribution in [2.24, 2.45) is 11.3 Å². The third-order valence-corrected chi connectivity index (χ3v) is 12.7. The fraction of sp³-hybridized carbons (Fsp3) is 0.615. The number of hydrogen-bond donors (Lipinski definition) is 0. The van der Waals surface area contributed by atoms with Gasteiger partial charge in [-0.25, -0.2) is 0 Å². The standard InChI is InChI=1S/C26H36O7Si/c1-16-9-10-17-22(28)20-18(29-5)11-12-19(30-6)21(20)26(31-13-14-32-26)25(17,15-27)23(16)33-34(7,8)24(2,3)4/h9,11-12,15,17,23H,10,13-14H2,1-8H3/t17-,23-,25+/m0/s1. The number of carbonyl (C=O) groups excluding carboxylic acids is 2. The molecular formula is C26H36O7Si. The van der Waals surface area contributed by atoms with Crippen molar-refractivity contribution < 1.29 is 33.0 Å². The van der Waals surface area contributed by atoms with E-state index in [1.165, 1.54) is 14.2 Å². The van der Waals surface area contributed by atoms with Gasteiger partial charge in [-0.1, -0.05) is 26.8 Å². The first-order chi connectivity index (χ1) is 15.9. The van der Waals surface area contributed by atoms with Crippen molar-refractivity contribution in [3.8, 4) is 11.5 Å². The quantitative estimate of drug-likeness (QED) is 0.339. The van der Waals surface area contributed by atoms with Crippen LogP contribution >= 0.6 is 0 Å². The Labute approximate surface area is 202 Å². The fourth-order valence-electron chi connectivity index (χ4n) is 5.45. The second-order valence-electron chi connectivity index (χ2n) is 10.9. The van der Waals surface area contributed by atoms with E-state index in [2.05, 4.69) is 33.9 Å². The number of methoxy groups -OCH3 is 2. The molecule has 7 nitrogen and oxygen atoms in total. The maximum Gasteiger partial charge on any atom is 0.215 e. The molecule has 4 rings (SSSR count). The highest BCUT2D eigenvalue weighted by atomic mass is 28.4. The van der Waals surface area contributed by atoms with Crippen molar-refractivity contribution in [1.29, 1.82) is 0 Å². The second-order valence-corrected chi connectivity index (χ2v) is 15.7. The molecule has 1 fully saturated rings. The Hall–Kier alpha value is -2.00. The van der Waals surface area contributed by atoms with Crippen LogP contribution in [0.3, 0.4) is 0 Å². The molecule has 8 heteroatoms. The molecule has 1 aliphatic heterocycles. The van der Waals surface area contributed by atoms with Gasteiger partial charge in [0.2, 0.25) is 5.79 Å². The van der Waals surface area contributed by atoms with Gasteiger partial charge in [-0.15, -0.1) is 0 Å². The van der Waals surface area contributed by atoms with E-state index in [0.29, 0.717) is 29.0 Å². The van der Waals surface area contributed by atoms with Crippen molar-refractivity contribution >= 4 is 20.4 Å². The van der Waals surface area contributed by atoms with Crippen molar-refractivity contribution in [1.82, 2.24) is 0 Å². The van der Waals surface area contributed by atoms with Crippen LogP contribution in [0.15, 0.2) is 23.8 Å². The second kappa shape index (κ2) is 8.29. The molecule has 3 aliphatic rings. The maximum atomic E-state index is 14.1. The molecular weight excluding hydrogens is 452 g/mol. The maximum absolute atomic E-state index is 14.1. The Bertz CT molecular complexity index is 1030. The number of rotatable bonds is 5. The number of ketones is 1. The molecule has 2 aliphatic carbocycles. The van der Waals surface area contributed by atoms with E-state index in [1.54, 1.807) is 12.1 Å². The minimum Gasteiger partial charge on any atom is -0.496 e. The SMILES string of the molecule is COc1ccc(OC)c2c1C(=O)[C@@H]1CC=C(C)[C@H](O[Si](C)(C)C(C)(C)C)[C@]1(C=O)C21OCCO1. The predicted octanol–water partition coefficient (Wildman–Crippen LogP) is 4.64. The largest absolute Gasteiger partial charge is 0.496 e. The van der Waals surface area contributed by atoms with Crippen molar-refractivity contribution in [2.45, 2.75) is 64.1 Å². The van der Waals surface area contributed by atoms with Crippen LogP contribution in [0.25, 0.3) is 0 Å². The number of hydrogen-bond acceptors (Lipinski definition) is 7. The monoisotopic (exact) mass is 488 g/mol. The van der Waals surface area contributed by atoms with Crippen LogP contribution in [0.1, 0.15) is 50.0 Å². The summed E-state index contributed by atoms with van der Waals surface area (Å²) in [6, 6.07) is 3.44. The molecule has 0 amide bonds. The highest BCUT2D eigenvalue weighted by Gasteiger charge is 2.73. The molecule has 1 spiro atoms. The lowest BCUT2D eigenvalue weighted by Gasteiger charge is -2.57. The van der Waals surface area contributed by atoms with Crippen LogP contribution in [0.4, 0.5) is 0 Å². The zero-order valence-electron chi connectivity index (χ0n) is 21.4. The Morgan fingerprint density at radius 1 is 1.09 bits per heavy atom. The molecule has 0 N–H and O–H groups in total. The summed E-state index contributed by atoms with van der Waals surface area (Å²) in [5.74, 6) is -1.62. The zero-order chi connectivity index (χ0) is 25.1. The molecule has 1 heterocycles. The molecule has 1 aromatic rings. The van der Waals surface area contributed by atoms with Crippen LogP contribution in [-0.4, -0.2) is 53.9 Å². The molecule has 0 aromatic heterocycles. The highest BCUT2D eigenvalue weighted by molar-refractivity contribution is 6.74. The Morgan fingerprint density at radius 2 is 1.68 bits per heavy atom. The number of Topliss-reactive ketones (excluding diaryl/α,β-unsaturated/α-hetero) is 1. The Morgan fingerprint density at radius 3 is 2.21 bits per heavy atom. The lowest BCUT2D eigenvalue weighted by Crippen LogP contribution is -2.67. The fourth-order valence-corrected chi connectivity index (χ4v) is 6.77. The summed E-state index contributed by atoms with van der Waals surface area (Å²) >= 11 is 0. The van der Waals surface area contributed by atoms with Crippen LogP contribution in [0.2, 0.25) is 18.1 Å². The first-order valence-electron chi connectivity index (χ1n) is 11.8. The van der Waals surface area contributed by atoms with Crippen LogP contribution < -0.4 is 9.47 Å². The third-order valence-electron chi connectivity index (χ3n) is 8.24. The molecule has 186 valence electrons. The minimum atomic E-state index is -2.37. The van der Waals surface area contributed by atoms with Gasteiger partial charge >= 0.3 is 0 Å². The Balaban J connectivity index is 2.06. The summed E-state index contributed by atoms with van der Waals surface area (Å²) in [5, 5.41) is -0.105. The minimum absolute atomic E-state index is 0.105. The number of allylic oxidation sites excluding steroid dienone is 1. The van der Waals surface area contributed by atoms with Gasteiger partial charge in [-0.2, -0.15) is 0 Å². The zero-order valence-corrected chi connectivity index (χ0v) is 22.4. The van der Waals surface area contributed by atoms with Crippen molar-refractivity contribution in [2.75, 3.05) is 27.4 Å². The predicted molar refractivity (Wildman–Crippen MR) is 130 cm³/mol. The first kappa shape index (κ1) is 25.1. The molecule has 0 bridgehead atoms. The molecule has 1 saturated heterocycles. The third kappa shape index (κ3) is 3.18. The summed E-state index contributed by atoms with van der Waals surface area (Å²) < 4.78 is 31.1. The average Bonchev–Trinajstić information content (AvgIpc) is 3.28. The van der Waals surface area contributed by atoms with Gasteiger partial charge in [-0.05, 0) is 49.2 Å². The Kier molecular flexibility index (Phi) is 6.12. The van der Waals surface area contributed by atoms with E-state index in [4.69, 9.17) is 23.4 Å². The van der Waals surface area contributed by atoms with Crippen molar-refractivity contribution in [3.63, 3.8) is 0 Å². The van der Waals surface area contributed by atoms with Gasteiger partial charge in [0.15, 0.2) is 14.1 Å². The van der Waals surface area contributed by atoms with Crippen LogP contribution in [0, 0.1) is 11.3 Å². The van der Waals surface area contributed by atoms with Gasteiger partial charge in [0.1, 0.15) is 23.2 Å². The van der Waals surface area contributed by atoms with E-state index in [1.807, 2.05) is 13.0 Å². The molecule has 0 radical (unpaired) electrons. The first-order valence-corrected chi connectivity index (χ1v) is 14.7. The smallest absolute Gasteiger partial charge is 0.215 e. The van der Waals surface area contributed by atoms with Crippen molar-refractivity contribution in [3.05, 3.63) is 34.9 Å². The molecule has 34 heavy (non-hydrogen) atoms. The lowest BCUT2D eigenvalue weighted by atomic mass is 9.53. The average molecular weight is 489 g/mol. The number of benzene rings is 1. The summed E-state index contributed by atoms with van der Waals surface area (Å²) in [6.45, 7) is 13.3. The molecule has 0 unspecified atom stereocenters. The van der Waals surface area contributed by atoms with Gasteiger partial charge in [0.05, 0.1) is 44.7 Å².